The Kier molecular flexibility index (Phi) is 6.32. The van der Waals surface area contributed by atoms with E-state index in [0.717, 1.165) is 28.7 Å². The molecule has 0 nitrogen and oxygen atoms in total. The van der Waals surface area contributed by atoms with E-state index in [1.807, 2.05) is 12.1 Å². The summed E-state index contributed by atoms with van der Waals surface area (Å²) in [6, 6.07) is 12.8. The van der Waals surface area contributed by atoms with E-state index in [1.165, 1.54) is 16.7 Å². The normalized spacial score (nSPS) is 14.8. The second-order valence-corrected chi connectivity index (χ2v) is 12.1. The zero-order chi connectivity index (χ0) is 25.9. The second-order valence-electron chi connectivity index (χ2n) is 12.1. The molecule has 0 atom stereocenters. The first-order valence-electron chi connectivity index (χ1n) is 12.7. The van der Waals surface area contributed by atoms with Gasteiger partial charge in [-0.15, -0.1) is 0 Å². The number of hydrogen-bond donors (Lipinski definition) is 0. The predicted octanol–water partition coefficient (Wildman–Crippen LogP) is 9.23. The third-order valence-electron chi connectivity index (χ3n) is 7.49. The average molecular weight is 473 g/mol. The van der Waals surface area contributed by atoms with Crippen LogP contribution in [0.15, 0.2) is 36.4 Å². The zero-order valence-corrected chi connectivity index (χ0v) is 22.7. The summed E-state index contributed by atoms with van der Waals surface area (Å²) in [5.74, 6) is -0.862. The molecule has 1 aliphatic rings. The van der Waals surface area contributed by atoms with Crippen LogP contribution in [0.25, 0.3) is 11.6 Å². The highest BCUT2D eigenvalue weighted by atomic mass is 19.1. The van der Waals surface area contributed by atoms with Crippen LogP contribution in [-0.4, -0.2) is 0 Å². The molecule has 4 rings (SSSR count). The highest BCUT2D eigenvalue weighted by molar-refractivity contribution is 5.97. The number of benzene rings is 3. The molecule has 0 amide bonds. The summed E-state index contributed by atoms with van der Waals surface area (Å²) >= 11 is 0. The van der Waals surface area contributed by atoms with Gasteiger partial charge < -0.3 is 0 Å². The van der Waals surface area contributed by atoms with Crippen LogP contribution in [0.1, 0.15) is 104 Å². The molecule has 0 saturated heterocycles. The summed E-state index contributed by atoms with van der Waals surface area (Å²) in [6.45, 7) is 19.0. The van der Waals surface area contributed by atoms with E-state index in [1.54, 1.807) is 13.8 Å². The molecule has 0 heterocycles. The third-order valence-corrected chi connectivity index (χ3v) is 7.49. The van der Waals surface area contributed by atoms with E-state index < -0.39 is 11.6 Å². The monoisotopic (exact) mass is 472 g/mol. The Hall–Kier alpha value is -2.74. The van der Waals surface area contributed by atoms with Crippen LogP contribution >= 0.6 is 0 Å². The van der Waals surface area contributed by atoms with Gasteiger partial charge in [0.05, 0.1) is 0 Å². The molecule has 0 aromatic heterocycles. The summed E-state index contributed by atoms with van der Waals surface area (Å²) in [6.07, 6.45) is 3.56. The molecule has 1 aliphatic carbocycles. The minimum absolute atomic E-state index is 0.0204. The molecule has 2 heteroatoms. The van der Waals surface area contributed by atoms with Crippen LogP contribution in [0, 0.1) is 25.5 Å². The standard InChI is InChI=1S/C33H38F2/c1-10-24-22(15-23(32(4,5)6)18-28(24)33(7,8)9)17-26-25-14-12-11-13-21(25)16-27-29(26)19(2)30(34)20(3)31(27)35/h11-15,17-18H,10,16H2,1-9H3/b26-17-. The first-order valence-corrected chi connectivity index (χ1v) is 12.7. The quantitative estimate of drug-likeness (QED) is 0.273. The summed E-state index contributed by atoms with van der Waals surface area (Å²) in [4.78, 5) is 0. The Labute approximate surface area is 210 Å². The largest absolute Gasteiger partial charge is 0.206 e. The second kappa shape index (κ2) is 8.73. The minimum atomic E-state index is -0.443. The lowest BCUT2D eigenvalue weighted by Crippen LogP contribution is -2.19. The molecular weight excluding hydrogens is 434 g/mol. The molecule has 3 aromatic rings. The van der Waals surface area contributed by atoms with Crippen molar-refractivity contribution in [2.24, 2.45) is 0 Å². The van der Waals surface area contributed by atoms with Gasteiger partial charge >= 0.3 is 0 Å². The molecule has 3 aromatic carbocycles. The van der Waals surface area contributed by atoms with Crippen LogP contribution < -0.4 is 0 Å². The summed E-state index contributed by atoms with van der Waals surface area (Å²) in [5.41, 5.74) is 10.0. The van der Waals surface area contributed by atoms with Crippen LogP contribution in [0.3, 0.4) is 0 Å². The van der Waals surface area contributed by atoms with E-state index in [0.29, 0.717) is 23.1 Å². The van der Waals surface area contributed by atoms with Gasteiger partial charge in [0, 0.05) is 17.5 Å². The number of fused-ring (bicyclic) bond motifs is 2. The van der Waals surface area contributed by atoms with Gasteiger partial charge in [-0.25, -0.2) is 8.78 Å². The van der Waals surface area contributed by atoms with Gasteiger partial charge in [-0.1, -0.05) is 84.9 Å². The minimum Gasteiger partial charge on any atom is -0.206 e. The molecule has 0 bridgehead atoms. The fourth-order valence-corrected chi connectivity index (χ4v) is 5.47. The number of halogens is 2. The van der Waals surface area contributed by atoms with Crippen LogP contribution in [0.4, 0.5) is 8.78 Å². The fourth-order valence-electron chi connectivity index (χ4n) is 5.47. The molecule has 0 N–H and O–H groups in total. The van der Waals surface area contributed by atoms with Crippen molar-refractivity contribution in [1.29, 1.82) is 0 Å². The highest BCUT2D eigenvalue weighted by Crippen LogP contribution is 2.43. The maximum Gasteiger partial charge on any atom is 0.133 e. The van der Waals surface area contributed by atoms with Gasteiger partial charge in [0.15, 0.2) is 0 Å². The summed E-state index contributed by atoms with van der Waals surface area (Å²) in [5, 5.41) is 0. The van der Waals surface area contributed by atoms with Gasteiger partial charge in [-0.3, -0.25) is 0 Å². The van der Waals surface area contributed by atoms with Crippen molar-refractivity contribution in [3.8, 4) is 0 Å². The van der Waals surface area contributed by atoms with Crippen LogP contribution in [0.2, 0.25) is 0 Å². The molecule has 0 radical (unpaired) electrons. The Balaban J connectivity index is 2.13. The topological polar surface area (TPSA) is 0 Å². The van der Waals surface area contributed by atoms with E-state index >= 15 is 8.78 Å². The lowest BCUT2D eigenvalue weighted by atomic mass is 9.74. The lowest BCUT2D eigenvalue weighted by molar-refractivity contribution is 0.552. The molecule has 0 unspecified atom stereocenters. The predicted molar refractivity (Wildman–Crippen MR) is 145 cm³/mol. The summed E-state index contributed by atoms with van der Waals surface area (Å²) in [7, 11) is 0. The van der Waals surface area contributed by atoms with Crippen molar-refractivity contribution >= 4 is 11.6 Å². The Morgan fingerprint density at radius 2 is 1.51 bits per heavy atom. The average Bonchev–Trinajstić information content (AvgIpc) is 2.79. The molecule has 0 saturated carbocycles. The van der Waals surface area contributed by atoms with Crippen molar-refractivity contribution < 1.29 is 8.78 Å². The van der Waals surface area contributed by atoms with Crippen LogP contribution in [-0.2, 0) is 23.7 Å². The highest BCUT2D eigenvalue weighted by Gasteiger charge is 2.29. The van der Waals surface area contributed by atoms with Crippen molar-refractivity contribution in [2.45, 2.75) is 86.0 Å². The van der Waals surface area contributed by atoms with Crippen LogP contribution in [0.5, 0.6) is 0 Å². The van der Waals surface area contributed by atoms with Crippen molar-refractivity contribution in [2.75, 3.05) is 0 Å². The maximum atomic E-state index is 15.4. The van der Waals surface area contributed by atoms with Crippen molar-refractivity contribution in [3.05, 3.63) is 104 Å². The maximum absolute atomic E-state index is 15.4. The summed E-state index contributed by atoms with van der Waals surface area (Å²) < 4.78 is 30.6. The zero-order valence-electron chi connectivity index (χ0n) is 22.7. The molecule has 184 valence electrons. The molecule has 35 heavy (non-hydrogen) atoms. The van der Waals surface area contributed by atoms with Crippen molar-refractivity contribution in [3.63, 3.8) is 0 Å². The Morgan fingerprint density at radius 1 is 0.857 bits per heavy atom. The third kappa shape index (κ3) is 4.37. The lowest BCUT2D eigenvalue weighted by Gasteiger charge is -2.30. The van der Waals surface area contributed by atoms with Gasteiger partial charge in [0.2, 0.25) is 0 Å². The molecule has 0 aliphatic heterocycles. The van der Waals surface area contributed by atoms with Gasteiger partial charge in [-0.05, 0) is 87.3 Å². The van der Waals surface area contributed by atoms with Crippen molar-refractivity contribution in [1.82, 2.24) is 0 Å². The molecular formula is C33H38F2. The first-order chi connectivity index (χ1) is 16.3. The smallest absolute Gasteiger partial charge is 0.133 e. The van der Waals surface area contributed by atoms with E-state index in [-0.39, 0.29) is 16.4 Å². The van der Waals surface area contributed by atoms with E-state index in [4.69, 9.17) is 0 Å². The van der Waals surface area contributed by atoms with E-state index in [9.17, 15) is 0 Å². The number of rotatable bonds is 2. The van der Waals surface area contributed by atoms with Gasteiger partial charge in [0.1, 0.15) is 11.6 Å². The molecule has 0 fully saturated rings. The van der Waals surface area contributed by atoms with Gasteiger partial charge in [0.25, 0.3) is 0 Å². The fraction of sp³-hybridized carbons (Fsp3) is 0.394. The Morgan fingerprint density at radius 3 is 2.11 bits per heavy atom. The molecule has 0 spiro atoms. The number of hydrogen-bond acceptors (Lipinski definition) is 0. The van der Waals surface area contributed by atoms with Gasteiger partial charge in [-0.2, -0.15) is 0 Å². The first kappa shape index (κ1) is 25.4. The Bertz CT molecular complexity index is 1340. The van der Waals surface area contributed by atoms with E-state index in [2.05, 4.69) is 78.8 Å². The SMILES string of the molecule is CCc1c(/C=C2/c3ccccc3Cc3c(F)c(C)c(F)c(C)c32)cc(C(C)(C)C)cc1C(C)(C)C.